The first-order valence-electron chi connectivity index (χ1n) is 17.2. The molecule has 2 saturated heterocycles. The SMILES string of the molecule is C[C@@H](Oc1ccc2[nH]nc(Nc3c(F)cc(N4CCC(N5CCOCC5)CC4)cc3NC(=O)[C@H](C#N)[C@@H](S)C3CC3)c2c1)c1c(Cl)cncc1Cl. The third-order valence-corrected chi connectivity index (χ3v) is 11.3. The highest BCUT2D eigenvalue weighted by Crippen LogP contribution is 2.41. The number of nitriles is 1. The smallest absolute Gasteiger partial charge is 0.242 e. The van der Waals surface area contributed by atoms with Crippen LogP contribution < -0.4 is 20.3 Å². The zero-order valence-electron chi connectivity index (χ0n) is 28.0. The van der Waals surface area contributed by atoms with Crippen molar-refractivity contribution >= 4 is 75.5 Å². The number of hydrogen-bond donors (Lipinski definition) is 4. The summed E-state index contributed by atoms with van der Waals surface area (Å²) in [6.07, 6.45) is 6.24. The average Bonchev–Trinajstić information content (AvgIpc) is 3.91. The number of fused-ring (bicyclic) bond motifs is 1. The van der Waals surface area contributed by atoms with Crippen LogP contribution in [-0.2, 0) is 9.53 Å². The van der Waals surface area contributed by atoms with Crippen molar-refractivity contribution in [2.45, 2.75) is 50.0 Å². The number of nitrogens with one attached hydrogen (secondary N) is 3. The van der Waals surface area contributed by atoms with E-state index in [1.807, 2.05) is 6.92 Å². The zero-order chi connectivity index (χ0) is 35.6. The second kappa shape index (κ2) is 15.4. The standard InChI is InChI=1S/C36H39Cl2FN8O3S/c1-20(32-27(37)18-41-19-28(32)38)50-24-4-5-30-25(16-24)35(45-44-30)43-33-29(39)14-23(46-8-6-22(7-9-46)47-10-12-49-13-11-47)15-31(33)42-36(48)26(17-40)34(51)21-2-3-21/h4-5,14-16,18-22,26,34,51H,2-3,6-13H2,1H3,(H,42,48)(H2,43,44,45)/t20-,26-,34+/m1/s1. The fourth-order valence-corrected chi connectivity index (χ4v) is 8.17. The lowest BCUT2D eigenvalue weighted by atomic mass is 10.0. The Balaban J connectivity index is 1.16. The number of nitrogens with zero attached hydrogens (tertiary/aromatic N) is 5. The number of piperidine rings is 1. The number of ether oxygens (including phenoxy) is 2. The van der Waals surface area contributed by atoms with Crippen LogP contribution >= 0.6 is 35.8 Å². The van der Waals surface area contributed by atoms with Crippen LogP contribution in [0.15, 0.2) is 42.7 Å². The van der Waals surface area contributed by atoms with Gasteiger partial charge >= 0.3 is 0 Å². The fraction of sp³-hybridized carbons (Fsp3) is 0.444. The molecule has 1 amide bonds. The average molecular weight is 754 g/mol. The summed E-state index contributed by atoms with van der Waals surface area (Å²) in [6.45, 7) is 6.64. The number of carbonyl (C=O) groups excluding carboxylic acids is 1. The molecule has 1 saturated carbocycles. The molecule has 0 spiro atoms. The molecule has 4 heterocycles. The van der Waals surface area contributed by atoms with Gasteiger partial charge < -0.3 is 25.0 Å². The van der Waals surface area contributed by atoms with Gasteiger partial charge in [0.2, 0.25) is 5.91 Å². The van der Waals surface area contributed by atoms with Crippen molar-refractivity contribution in [3.8, 4) is 11.8 Å². The van der Waals surface area contributed by atoms with Crippen molar-refractivity contribution in [1.29, 1.82) is 5.26 Å². The summed E-state index contributed by atoms with van der Waals surface area (Å²) < 4.78 is 28.1. The number of benzene rings is 2. The molecule has 2 aromatic carbocycles. The summed E-state index contributed by atoms with van der Waals surface area (Å²) in [5.74, 6) is -1.07. The number of halogens is 3. The van der Waals surface area contributed by atoms with Gasteiger partial charge in [0, 0.05) is 66.5 Å². The molecule has 3 aliphatic rings. The number of pyridine rings is 1. The molecule has 2 aliphatic heterocycles. The van der Waals surface area contributed by atoms with Gasteiger partial charge in [-0.15, -0.1) is 0 Å². The Bertz CT molecular complexity index is 1920. The van der Waals surface area contributed by atoms with Gasteiger partial charge in [0.05, 0.1) is 40.5 Å². The van der Waals surface area contributed by atoms with Crippen molar-refractivity contribution in [1.82, 2.24) is 20.1 Å². The first-order chi connectivity index (χ1) is 24.7. The van der Waals surface area contributed by atoms with Crippen LogP contribution in [0.4, 0.5) is 27.3 Å². The molecule has 3 N–H and O–H groups in total. The molecular formula is C36H39Cl2FN8O3S. The van der Waals surface area contributed by atoms with E-state index in [9.17, 15) is 10.1 Å². The van der Waals surface area contributed by atoms with E-state index in [0.717, 1.165) is 65.1 Å². The number of aromatic amines is 1. The second-order valence-electron chi connectivity index (χ2n) is 13.3. The molecule has 1 aliphatic carbocycles. The van der Waals surface area contributed by atoms with Gasteiger partial charge in [0.15, 0.2) is 11.6 Å². The van der Waals surface area contributed by atoms with Crippen molar-refractivity contribution in [2.24, 2.45) is 11.8 Å². The summed E-state index contributed by atoms with van der Waals surface area (Å²) in [5.41, 5.74) is 2.17. The summed E-state index contributed by atoms with van der Waals surface area (Å²) in [6, 6.07) is 11.2. The Morgan fingerprint density at radius 1 is 1.12 bits per heavy atom. The molecule has 2 aromatic heterocycles. The molecule has 0 unspecified atom stereocenters. The van der Waals surface area contributed by atoms with Gasteiger partial charge in [0.25, 0.3) is 0 Å². The molecule has 0 radical (unpaired) electrons. The highest BCUT2D eigenvalue weighted by atomic mass is 35.5. The normalized spacial score (nSPS) is 18.9. The third kappa shape index (κ3) is 7.85. The largest absolute Gasteiger partial charge is 0.486 e. The maximum Gasteiger partial charge on any atom is 0.242 e. The van der Waals surface area contributed by atoms with Crippen molar-refractivity contribution in [2.75, 3.05) is 54.9 Å². The highest BCUT2D eigenvalue weighted by Gasteiger charge is 2.38. The fourth-order valence-electron chi connectivity index (χ4n) is 7.00. The Labute approximate surface area is 311 Å². The summed E-state index contributed by atoms with van der Waals surface area (Å²) >= 11 is 17.3. The number of anilines is 4. The predicted molar refractivity (Wildman–Crippen MR) is 200 cm³/mol. The van der Waals surface area contributed by atoms with Crippen LogP contribution in [0, 0.1) is 29.0 Å². The lowest BCUT2D eigenvalue weighted by molar-refractivity contribution is -0.118. The van der Waals surface area contributed by atoms with Gasteiger partial charge in [-0.3, -0.25) is 19.8 Å². The summed E-state index contributed by atoms with van der Waals surface area (Å²) in [7, 11) is 0. The maximum absolute atomic E-state index is 16.3. The van der Waals surface area contributed by atoms with E-state index in [0.29, 0.717) is 49.8 Å². The van der Waals surface area contributed by atoms with E-state index in [1.165, 1.54) is 18.5 Å². The molecule has 51 heavy (non-hydrogen) atoms. The van der Waals surface area contributed by atoms with Crippen LogP contribution in [0.25, 0.3) is 10.9 Å². The monoisotopic (exact) mass is 752 g/mol. The van der Waals surface area contributed by atoms with Crippen LogP contribution in [-0.4, -0.2) is 76.7 Å². The Morgan fingerprint density at radius 3 is 2.53 bits per heavy atom. The van der Waals surface area contributed by atoms with Crippen LogP contribution in [0.3, 0.4) is 0 Å². The van der Waals surface area contributed by atoms with E-state index in [2.05, 4.69) is 54.3 Å². The van der Waals surface area contributed by atoms with Gasteiger partial charge in [-0.1, -0.05) is 23.2 Å². The lowest BCUT2D eigenvalue weighted by Crippen LogP contribution is -2.49. The molecule has 4 aromatic rings. The quantitative estimate of drug-likeness (QED) is 0.116. The van der Waals surface area contributed by atoms with Gasteiger partial charge in [-0.25, -0.2) is 4.39 Å². The number of aromatic nitrogens is 3. The molecular weight excluding hydrogens is 714 g/mol. The van der Waals surface area contributed by atoms with Gasteiger partial charge in [-0.05, 0) is 68.9 Å². The molecule has 3 atom stereocenters. The zero-order valence-corrected chi connectivity index (χ0v) is 30.4. The number of H-pyrrole nitrogens is 1. The molecule has 11 nitrogen and oxygen atoms in total. The molecule has 0 bridgehead atoms. The minimum Gasteiger partial charge on any atom is -0.486 e. The third-order valence-electron chi connectivity index (χ3n) is 9.98. The molecule has 15 heteroatoms. The summed E-state index contributed by atoms with van der Waals surface area (Å²) in [4.78, 5) is 22.2. The number of thiol groups is 1. The van der Waals surface area contributed by atoms with Crippen molar-refractivity contribution in [3.05, 3.63) is 64.2 Å². The molecule has 268 valence electrons. The highest BCUT2D eigenvalue weighted by molar-refractivity contribution is 7.81. The minimum absolute atomic E-state index is 0.0255. The summed E-state index contributed by atoms with van der Waals surface area (Å²) in [5, 5.41) is 24.3. The second-order valence-corrected chi connectivity index (χ2v) is 14.7. The Kier molecular flexibility index (Phi) is 10.8. The van der Waals surface area contributed by atoms with Gasteiger partial charge in [-0.2, -0.15) is 23.0 Å². The van der Waals surface area contributed by atoms with E-state index in [4.69, 9.17) is 32.7 Å². The molecule has 7 rings (SSSR count). The van der Waals surface area contributed by atoms with E-state index >= 15 is 4.39 Å². The van der Waals surface area contributed by atoms with Crippen LogP contribution in [0.2, 0.25) is 10.0 Å². The van der Waals surface area contributed by atoms with E-state index < -0.39 is 29.0 Å². The number of amides is 1. The first kappa shape index (κ1) is 35.6. The first-order valence-corrected chi connectivity index (χ1v) is 18.5. The number of morpholine rings is 1. The van der Waals surface area contributed by atoms with Crippen LogP contribution in [0.5, 0.6) is 5.75 Å². The van der Waals surface area contributed by atoms with Crippen LogP contribution in [0.1, 0.15) is 44.3 Å². The number of hydrogen-bond acceptors (Lipinski definition) is 10. The van der Waals surface area contributed by atoms with E-state index in [1.54, 1.807) is 24.3 Å². The van der Waals surface area contributed by atoms with Gasteiger partial charge in [0.1, 0.15) is 23.5 Å². The minimum atomic E-state index is -1.00. The number of rotatable bonds is 11. The lowest BCUT2D eigenvalue weighted by Gasteiger charge is -2.41. The van der Waals surface area contributed by atoms with Crippen molar-refractivity contribution in [3.63, 3.8) is 0 Å². The Hall–Kier alpha value is -3.80. The van der Waals surface area contributed by atoms with E-state index in [-0.39, 0.29) is 17.3 Å². The topological polar surface area (TPSA) is 131 Å². The Morgan fingerprint density at radius 2 is 1.84 bits per heavy atom. The maximum atomic E-state index is 16.3. The predicted octanol–water partition coefficient (Wildman–Crippen LogP) is 7.38. The number of carbonyl (C=O) groups is 1. The molecule has 3 fully saturated rings. The van der Waals surface area contributed by atoms with Crippen molar-refractivity contribution < 1.29 is 18.7 Å².